The number of carboxylic acids is 1. The molecule has 3 unspecified atom stereocenters. The molecule has 6 heteroatoms. The van der Waals surface area contributed by atoms with E-state index in [9.17, 15) is 9.59 Å². The molecule has 1 aliphatic rings. The number of nitrogens with one attached hydrogen (secondary N) is 1. The minimum absolute atomic E-state index is 0.0261. The number of amides is 1. The smallest absolute Gasteiger partial charge is 0.303 e. The van der Waals surface area contributed by atoms with Crippen LogP contribution < -0.4 is 5.32 Å². The first-order valence-electron chi connectivity index (χ1n) is 9.68. The molecule has 0 spiro atoms. The zero-order valence-electron chi connectivity index (χ0n) is 16.0. The number of carboxylic acid groups (broad SMARTS) is 1. The molecule has 1 aromatic carbocycles. The quantitative estimate of drug-likeness (QED) is 0.776. The number of fused-ring (bicyclic) bond motifs is 1. The van der Waals surface area contributed by atoms with Gasteiger partial charge in [0.05, 0.1) is 12.1 Å². The lowest BCUT2D eigenvalue weighted by Gasteiger charge is -2.36. The Morgan fingerprint density at radius 2 is 2.11 bits per heavy atom. The van der Waals surface area contributed by atoms with Crippen molar-refractivity contribution in [3.8, 4) is 0 Å². The Kier molecular flexibility index (Phi) is 6.16. The van der Waals surface area contributed by atoms with E-state index < -0.39 is 5.97 Å². The Morgan fingerprint density at radius 3 is 2.85 bits per heavy atom. The second-order valence-electron chi connectivity index (χ2n) is 7.53. The molecule has 3 atom stereocenters. The molecular formula is C21H28N2O4. The fourth-order valence-corrected chi connectivity index (χ4v) is 3.80. The monoisotopic (exact) mass is 372 g/mol. The molecule has 1 saturated heterocycles. The van der Waals surface area contributed by atoms with Gasteiger partial charge in [0, 0.05) is 18.4 Å². The predicted molar refractivity (Wildman–Crippen MR) is 103 cm³/mol. The molecule has 3 rings (SSSR count). The highest BCUT2D eigenvalue weighted by Gasteiger charge is 2.28. The van der Waals surface area contributed by atoms with Gasteiger partial charge < -0.3 is 14.8 Å². The predicted octanol–water partition coefficient (Wildman–Crippen LogP) is 3.58. The summed E-state index contributed by atoms with van der Waals surface area (Å²) in [6.45, 7) is 5.49. The third-order valence-corrected chi connectivity index (χ3v) is 5.47. The van der Waals surface area contributed by atoms with Crippen LogP contribution in [0.5, 0.6) is 0 Å². The van der Waals surface area contributed by atoms with E-state index in [0.717, 1.165) is 42.7 Å². The summed E-state index contributed by atoms with van der Waals surface area (Å²) in [4.78, 5) is 25.7. The molecule has 1 aromatic heterocycles. The maximum atomic E-state index is 12.7. The van der Waals surface area contributed by atoms with Crippen LogP contribution in [0.25, 0.3) is 11.0 Å². The average molecular weight is 372 g/mol. The third kappa shape index (κ3) is 4.89. The number of nitrogens with zero attached hydrogens (tertiary/aromatic N) is 1. The molecule has 1 fully saturated rings. The maximum absolute atomic E-state index is 12.7. The summed E-state index contributed by atoms with van der Waals surface area (Å²) in [7, 11) is 0. The SMILES string of the molecule is CC(NC(=O)C(C)N1CCCC(CCC(=O)O)C1)c1cc2ccccc2o1. The lowest BCUT2D eigenvalue weighted by Crippen LogP contribution is -2.49. The van der Waals surface area contributed by atoms with Crippen LogP contribution in [0.2, 0.25) is 0 Å². The summed E-state index contributed by atoms with van der Waals surface area (Å²) < 4.78 is 5.84. The number of carbonyl (C=O) groups excluding carboxylic acids is 1. The van der Waals surface area contributed by atoms with E-state index in [1.807, 2.05) is 44.2 Å². The van der Waals surface area contributed by atoms with Gasteiger partial charge in [0.25, 0.3) is 0 Å². The normalized spacial score (nSPS) is 20.3. The van der Waals surface area contributed by atoms with Crippen molar-refractivity contribution >= 4 is 22.8 Å². The van der Waals surface area contributed by atoms with Crippen molar-refractivity contribution in [3.63, 3.8) is 0 Å². The number of likely N-dealkylation sites (tertiary alicyclic amines) is 1. The number of aliphatic carboxylic acids is 1. The molecule has 146 valence electrons. The molecule has 0 aliphatic carbocycles. The third-order valence-electron chi connectivity index (χ3n) is 5.47. The minimum Gasteiger partial charge on any atom is -0.481 e. The Morgan fingerprint density at radius 1 is 1.33 bits per heavy atom. The van der Waals surface area contributed by atoms with E-state index in [1.165, 1.54) is 0 Å². The van der Waals surface area contributed by atoms with Crippen molar-refractivity contribution in [3.05, 3.63) is 36.1 Å². The summed E-state index contributed by atoms with van der Waals surface area (Å²) in [5.41, 5.74) is 0.818. The molecule has 2 N–H and O–H groups in total. The molecule has 6 nitrogen and oxygen atoms in total. The number of furan rings is 1. The van der Waals surface area contributed by atoms with Crippen LogP contribution in [0.3, 0.4) is 0 Å². The standard InChI is InChI=1S/C21H28N2O4/c1-14(19-12-17-7-3-4-8-18(17)27-19)22-21(26)15(2)23-11-5-6-16(13-23)9-10-20(24)25/h3-4,7-8,12,14-16H,5-6,9-11,13H2,1-2H3,(H,22,26)(H,24,25). The van der Waals surface area contributed by atoms with Gasteiger partial charge in [-0.2, -0.15) is 0 Å². The molecule has 1 aliphatic heterocycles. The first kappa shape index (κ1) is 19.4. The van der Waals surface area contributed by atoms with Gasteiger partial charge in [-0.15, -0.1) is 0 Å². The van der Waals surface area contributed by atoms with Gasteiger partial charge in [0.1, 0.15) is 11.3 Å². The summed E-state index contributed by atoms with van der Waals surface area (Å²) in [5, 5.41) is 13.0. The van der Waals surface area contributed by atoms with Gasteiger partial charge in [-0.25, -0.2) is 0 Å². The van der Waals surface area contributed by atoms with Crippen molar-refractivity contribution in [2.75, 3.05) is 13.1 Å². The van der Waals surface area contributed by atoms with E-state index in [4.69, 9.17) is 9.52 Å². The molecule has 2 aromatic rings. The fourth-order valence-electron chi connectivity index (χ4n) is 3.80. The highest BCUT2D eigenvalue weighted by molar-refractivity contribution is 5.82. The van der Waals surface area contributed by atoms with Crippen molar-refractivity contribution in [2.24, 2.45) is 5.92 Å². The lowest BCUT2D eigenvalue weighted by molar-refractivity contribution is -0.137. The lowest BCUT2D eigenvalue weighted by atomic mass is 9.92. The highest BCUT2D eigenvalue weighted by atomic mass is 16.4. The number of piperidine rings is 1. The maximum Gasteiger partial charge on any atom is 0.303 e. The number of hydrogen-bond donors (Lipinski definition) is 2. The Bertz CT molecular complexity index is 767. The van der Waals surface area contributed by atoms with Gasteiger partial charge in [0.2, 0.25) is 5.91 Å². The average Bonchev–Trinajstić information content (AvgIpc) is 3.10. The van der Waals surface area contributed by atoms with Crippen LogP contribution in [-0.4, -0.2) is 41.0 Å². The van der Waals surface area contributed by atoms with Crippen molar-refractivity contribution in [2.45, 2.75) is 51.6 Å². The fraction of sp³-hybridized carbons (Fsp3) is 0.524. The van der Waals surface area contributed by atoms with Crippen LogP contribution >= 0.6 is 0 Å². The number of carbonyl (C=O) groups is 2. The molecule has 1 amide bonds. The van der Waals surface area contributed by atoms with Crippen LogP contribution in [0.4, 0.5) is 0 Å². The zero-order chi connectivity index (χ0) is 19.4. The second kappa shape index (κ2) is 8.57. The van der Waals surface area contributed by atoms with Crippen LogP contribution in [-0.2, 0) is 9.59 Å². The zero-order valence-corrected chi connectivity index (χ0v) is 16.0. The van der Waals surface area contributed by atoms with Gasteiger partial charge in [0.15, 0.2) is 0 Å². The van der Waals surface area contributed by atoms with Crippen molar-refractivity contribution in [1.29, 1.82) is 0 Å². The first-order valence-corrected chi connectivity index (χ1v) is 9.68. The van der Waals surface area contributed by atoms with Gasteiger partial charge in [-0.3, -0.25) is 14.5 Å². The molecule has 0 saturated carbocycles. The van der Waals surface area contributed by atoms with E-state index in [-0.39, 0.29) is 24.4 Å². The summed E-state index contributed by atoms with van der Waals surface area (Å²) in [5.74, 6) is 0.312. The Labute approximate surface area is 159 Å². The highest BCUT2D eigenvalue weighted by Crippen LogP contribution is 2.25. The number of para-hydroxylation sites is 1. The number of hydrogen-bond acceptors (Lipinski definition) is 4. The number of rotatable bonds is 7. The van der Waals surface area contributed by atoms with Crippen molar-refractivity contribution in [1.82, 2.24) is 10.2 Å². The van der Waals surface area contributed by atoms with Crippen molar-refractivity contribution < 1.29 is 19.1 Å². The Balaban J connectivity index is 1.57. The molecule has 27 heavy (non-hydrogen) atoms. The van der Waals surface area contributed by atoms with Crippen LogP contribution in [0, 0.1) is 5.92 Å². The topological polar surface area (TPSA) is 82.8 Å². The van der Waals surface area contributed by atoms with Gasteiger partial charge in [-0.1, -0.05) is 18.2 Å². The van der Waals surface area contributed by atoms with E-state index >= 15 is 0 Å². The van der Waals surface area contributed by atoms with E-state index in [0.29, 0.717) is 12.3 Å². The second-order valence-corrected chi connectivity index (χ2v) is 7.53. The van der Waals surface area contributed by atoms with Gasteiger partial charge >= 0.3 is 5.97 Å². The van der Waals surface area contributed by atoms with Crippen LogP contribution in [0.15, 0.2) is 34.7 Å². The molecule has 0 radical (unpaired) electrons. The summed E-state index contributed by atoms with van der Waals surface area (Å²) in [6, 6.07) is 9.31. The van der Waals surface area contributed by atoms with Crippen LogP contribution in [0.1, 0.15) is 51.3 Å². The number of benzene rings is 1. The minimum atomic E-state index is -0.752. The van der Waals surface area contributed by atoms with Gasteiger partial charge in [-0.05, 0) is 57.7 Å². The summed E-state index contributed by atoms with van der Waals surface area (Å²) in [6.07, 6.45) is 2.91. The largest absolute Gasteiger partial charge is 0.481 e. The van der Waals surface area contributed by atoms with E-state index in [2.05, 4.69) is 10.2 Å². The Hall–Kier alpha value is -2.34. The molecule has 2 heterocycles. The molecular weight excluding hydrogens is 344 g/mol. The first-order chi connectivity index (χ1) is 12.9. The molecule has 0 bridgehead atoms. The summed E-state index contributed by atoms with van der Waals surface area (Å²) >= 11 is 0. The van der Waals surface area contributed by atoms with E-state index in [1.54, 1.807) is 0 Å².